The van der Waals surface area contributed by atoms with E-state index in [1.54, 1.807) is 7.11 Å². The van der Waals surface area contributed by atoms with Crippen LogP contribution in [0.1, 0.15) is 18.2 Å². The Morgan fingerprint density at radius 2 is 2.28 bits per heavy atom. The Balaban J connectivity index is 2.55. The quantitative estimate of drug-likeness (QED) is 0.741. The number of aryl methyl sites for hydroxylation is 1. The summed E-state index contributed by atoms with van der Waals surface area (Å²) in [6, 6.07) is 3.52. The molecule has 0 saturated heterocycles. The van der Waals surface area contributed by atoms with Gasteiger partial charge >= 0.3 is 6.03 Å². The normalized spacial score (nSPS) is 14.0. The van der Waals surface area contributed by atoms with Crippen LogP contribution in [0.25, 0.3) is 0 Å². The first-order valence-corrected chi connectivity index (χ1v) is 6.56. The second kappa shape index (κ2) is 6.72. The highest BCUT2D eigenvalue weighted by molar-refractivity contribution is 7.16. The standard InChI is InChI=1S/C12H20N2O3S/c1-9-4-5-10(18-9)13-11(16)14-12(2,6-7-15)8-17-3/h4-5,15H,6-8H2,1-3H3,(H2,13,14,16). The molecule has 0 radical (unpaired) electrons. The number of aliphatic hydroxyl groups excluding tert-OH is 1. The largest absolute Gasteiger partial charge is 0.396 e. The SMILES string of the molecule is COCC(C)(CCO)NC(=O)Nc1ccc(C)s1. The minimum atomic E-state index is -0.570. The lowest BCUT2D eigenvalue weighted by Gasteiger charge is -2.29. The smallest absolute Gasteiger partial charge is 0.320 e. The Bertz CT molecular complexity index is 386. The molecule has 0 saturated carbocycles. The van der Waals surface area contributed by atoms with Crippen LogP contribution in [0.15, 0.2) is 12.1 Å². The van der Waals surface area contributed by atoms with Gasteiger partial charge < -0.3 is 15.2 Å². The van der Waals surface area contributed by atoms with Gasteiger partial charge in [-0.25, -0.2) is 4.79 Å². The van der Waals surface area contributed by atoms with Gasteiger partial charge in [0, 0.05) is 18.6 Å². The number of thiophene rings is 1. The summed E-state index contributed by atoms with van der Waals surface area (Å²) in [5, 5.41) is 15.4. The number of methoxy groups -OCH3 is 1. The number of hydrogen-bond donors (Lipinski definition) is 3. The third-order valence-corrected chi connectivity index (χ3v) is 3.44. The van der Waals surface area contributed by atoms with E-state index in [9.17, 15) is 4.79 Å². The molecule has 18 heavy (non-hydrogen) atoms. The molecule has 0 aliphatic carbocycles. The molecule has 2 amide bonds. The van der Waals surface area contributed by atoms with Gasteiger partial charge in [0.1, 0.15) is 0 Å². The highest BCUT2D eigenvalue weighted by Crippen LogP contribution is 2.20. The Labute approximate surface area is 111 Å². The molecule has 0 aliphatic heterocycles. The van der Waals surface area contributed by atoms with Gasteiger partial charge in [0.25, 0.3) is 0 Å². The van der Waals surface area contributed by atoms with Gasteiger partial charge in [-0.15, -0.1) is 11.3 Å². The molecule has 1 heterocycles. The maximum Gasteiger partial charge on any atom is 0.320 e. The summed E-state index contributed by atoms with van der Waals surface area (Å²) in [6.45, 7) is 4.17. The predicted molar refractivity (Wildman–Crippen MR) is 73.2 cm³/mol. The fourth-order valence-electron chi connectivity index (χ4n) is 1.66. The maximum atomic E-state index is 11.8. The molecule has 0 fully saturated rings. The number of rotatable bonds is 6. The molecule has 1 unspecified atom stereocenters. The van der Waals surface area contributed by atoms with Crippen molar-refractivity contribution in [3.05, 3.63) is 17.0 Å². The van der Waals surface area contributed by atoms with Crippen molar-refractivity contribution in [3.63, 3.8) is 0 Å². The highest BCUT2D eigenvalue weighted by Gasteiger charge is 2.26. The summed E-state index contributed by atoms with van der Waals surface area (Å²) in [6.07, 6.45) is 0.442. The molecule has 1 aromatic heterocycles. The first kappa shape index (κ1) is 14.9. The summed E-state index contributed by atoms with van der Waals surface area (Å²) < 4.78 is 5.06. The van der Waals surface area contributed by atoms with Crippen molar-refractivity contribution in [3.8, 4) is 0 Å². The molecule has 0 aliphatic rings. The Hall–Kier alpha value is -1.11. The summed E-state index contributed by atoms with van der Waals surface area (Å²) >= 11 is 1.52. The zero-order valence-electron chi connectivity index (χ0n) is 10.9. The van der Waals surface area contributed by atoms with Crippen LogP contribution in [-0.2, 0) is 4.74 Å². The van der Waals surface area contributed by atoms with Crippen LogP contribution in [0.2, 0.25) is 0 Å². The lowest BCUT2D eigenvalue weighted by molar-refractivity contribution is 0.104. The predicted octanol–water partition coefficient (Wildman–Crippen LogP) is 1.97. The summed E-state index contributed by atoms with van der Waals surface area (Å²) in [5.74, 6) is 0. The first-order valence-electron chi connectivity index (χ1n) is 5.74. The van der Waals surface area contributed by atoms with Gasteiger partial charge in [-0.1, -0.05) is 0 Å². The number of hydrogen-bond acceptors (Lipinski definition) is 4. The van der Waals surface area contributed by atoms with Crippen LogP contribution < -0.4 is 10.6 Å². The lowest BCUT2D eigenvalue weighted by atomic mass is 10.00. The zero-order chi connectivity index (χ0) is 13.6. The molecule has 1 rings (SSSR count). The van der Waals surface area contributed by atoms with Crippen molar-refractivity contribution in [2.24, 2.45) is 0 Å². The third-order valence-electron chi connectivity index (χ3n) is 2.52. The highest BCUT2D eigenvalue weighted by atomic mass is 32.1. The lowest BCUT2D eigenvalue weighted by Crippen LogP contribution is -2.51. The summed E-state index contributed by atoms with van der Waals surface area (Å²) in [7, 11) is 1.57. The van der Waals surface area contributed by atoms with E-state index >= 15 is 0 Å². The van der Waals surface area contributed by atoms with Gasteiger partial charge in [0.15, 0.2) is 0 Å². The molecule has 102 valence electrons. The fraction of sp³-hybridized carbons (Fsp3) is 0.583. The van der Waals surface area contributed by atoms with Crippen molar-refractivity contribution in [2.75, 3.05) is 25.6 Å². The van der Waals surface area contributed by atoms with E-state index in [4.69, 9.17) is 9.84 Å². The minimum absolute atomic E-state index is 0.00174. The average molecular weight is 272 g/mol. The molecule has 1 atom stereocenters. The second-order valence-corrected chi connectivity index (χ2v) is 5.74. The van der Waals surface area contributed by atoms with Gasteiger partial charge in [-0.05, 0) is 32.4 Å². The number of urea groups is 1. The van der Waals surface area contributed by atoms with Gasteiger partial charge in [-0.2, -0.15) is 0 Å². The van der Waals surface area contributed by atoms with E-state index in [-0.39, 0.29) is 12.6 Å². The van der Waals surface area contributed by atoms with Crippen molar-refractivity contribution in [1.82, 2.24) is 5.32 Å². The van der Waals surface area contributed by atoms with Crippen molar-refractivity contribution in [2.45, 2.75) is 25.8 Å². The zero-order valence-corrected chi connectivity index (χ0v) is 11.8. The fourth-order valence-corrected chi connectivity index (χ4v) is 2.42. The van der Waals surface area contributed by atoms with Crippen molar-refractivity contribution < 1.29 is 14.6 Å². The average Bonchev–Trinajstić information content (AvgIpc) is 2.63. The number of aliphatic hydroxyl groups is 1. The van der Waals surface area contributed by atoms with Gasteiger partial charge in [-0.3, -0.25) is 5.32 Å². The molecule has 3 N–H and O–H groups in total. The number of anilines is 1. The van der Waals surface area contributed by atoms with Crippen molar-refractivity contribution in [1.29, 1.82) is 0 Å². The van der Waals surface area contributed by atoms with E-state index in [2.05, 4.69) is 10.6 Å². The Morgan fingerprint density at radius 3 is 2.78 bits per heavy atom. The third kappa shape index (κ3) is 4.64. The molecule has 5 nitrogen and oxygen atoms in total. The number of amides is 2. The van der Waals surface area contributed by atoms with Crippen LogP contribution in [0.5, 0.6) is 0 Å². The van der Waals surface area contributed by atoms with Crippen LogP contribution in [-0.4, -0.2) is 37.0 Å². The van der Waals surface area contributed by atoms with Gasteiger partial charge in [0.05, 0.1) is 17.1 Å². The molecule has 6 heteroatoms. The van der Waals surface area contributed by atoms with E-state index in [1.165, 1.54) is 11.3 Å². The first-order chi connectivity index (χ1) is 8.49. The van der Waals surface area contributed by atoms with Gasteiger partial charge in [0.2, 0.25) is 0 Å². The van der Waals surface area contributed by atoms with E-state index < -0.39 is 5.54 Å². The molecular weight excluding hydrogens is 252 g/mol. The van der Waals surface area contributed by atoms with Crippen LogP contribution in [0, 0.1) is 6.92 Å². The van der Waals surface area contributed by atoms with E-state index in [1.807, 2.05) is 26.0 Å². The topological polar surface area (TPSA) is 70.6 Å². The maximum absolute atomic E-state index is 11.8. The summed E-state index contributed by atoms with van der Waals surface area (Å²) in [4.78, 5) is 13.0. The monoisotopic (exact) mass is 272 g/mol. The number of carbonyl (C=O) groups excluding carboxylic acids is 1. The second-order valence-electron chi connectivity index (χ2n) is 4.46. The Kier molecular flexibility index (Phi) is 5.58. The molecule has 0 aromatic carbocycles. The summed E-state index contributed by atoms with van der Waals surface area (Å²) in [5.41, 5.74) is -0.570. The van der Waals surface area contributed by atoms with Crippen LogP contribution in [0.4, 0.5) is 9.80 Å². The van der Waals surface area contributed by atoms with Crippen molar-refractivity contribution >= 4 is 22.4 Å². The number of carbonyl (C=O) groups is 1. The van der Waals surface area contributed by atoms with Crippen LogP contribution >= 0.6 is 11.3 Å². The Morgan fingerprint density at radius 1 is 1.56 bits per heavy atom. The molecule has 1 aromatic rings. The number of nitrogens with one attached hydrogen (secondary N) is 2. The molecule has 0 bridgehead atoms. The number of ether oxygens (including phenoxy) is 1. The van der Waals surface area contributed by atoms with E-state index in [0.29, 0.717) is 13.0 Å². The van der Waals surface area contributed by atoms with Crippen LogP contribution in [0.3, 0.4) is 0 Å². The molecule has 0 spiro atoms. The van der Waals surface area contributed by atoms with E-state index in [0.717, 1.165) is 9.88 Å². The minimum Gasteiger partial charge on any atom is -0.396 e. The molecular formula is C12H20N2O3S.